The monoisotopic (exact) mass is 375 g/mol. The van der Waals surface area contributed by atoms with Gasteiger partial charge in [-0.25, -0.2) is 4.39 Å². The Morgan fingerprint density at radius 1 is 1.13 bits per heavy atom. The zero-order valence-electron chi connectivity index (χ0n) is 13.0. The second kappa shape index (κ2) is 6.44. The summed E-state index contributed by atoms with van der Waals surface area (Å²) in [4.78, 5) is 13.0. The van der Waals surface area contributed by atoms with E-state index < -0.39 is 5.41 Å². The Bertz CT molecular complexity index is 721. The Morgan fingerprint density at radius 2 is 1.78 bits per heavy atom. The summed E-state index contributed by atoms with van der Waals surface area (Å²) in [6.45, 7) is 1.87. The van der Waals surface area contributed by atoms with Crippen molar-refractivity contribution in [3.05, 3.63) is 63.9 Å². The molecule has 0 bridgehead atoms. The lowest BCUT2D eigenvalue weighted by atomic mass is 9.78. The lowest BCUT2D eigenvalue weighted by Gasteiger charge is -2.28. The number of carbonyl (C=O) groups excluding carboxylic acids is 1. The minimum atomic E-state index is -0.514. The highest BCUT2D eigenvalue weighted by Crippen LogP contribution is 2.42. The number of hydrogen-bond acceptors (Lipinski definition) is 1. The second-order valence-corrected chi connectivity index (χ2v) is 7.13. The molecule has 4 heteroatoms. The molecule has 0 saturated heterocycles. The predicted molar refractivity (Wildman–Crippen MR) is 94.1 cm³/mol. The molecule has 2 aromatic carbocycles. The van der Waals surface area contributed by atoms with E-state index in [0.29, 0.717) is 5.69 Å². The van der Waals surface area contributed by atoms with E-state index in [2.05, 4.69) is 21.2 Å². The van der Waals surface area contributed by atoms with Crippen LogP contribution in [0.3, 0.4) is 0 Å². The van der Waals surface area contributed by atoms with Gasteiger partial charge in [0.25, 0.3) is 0 Å². The average molecular weight is 376 g/mol. The quantitative estimate of drug-likeness (QED) is 0.769. The minimum absolute atomic E-state index is 0.0361. The van der Waals surface area contributed by atoms with E-state index in [4.69, 9.17) is 0 Å². The molecule has 2 aromatic rings. The van der Waals surface area contributed by atoms with Gasteiger partial charge >= 0.3 is 0 Å². The maximum absolute atomic E-state index is 13.5. The molecule has 0 aromatic heterocycles. The zero-order valence-corrected chi connectivity index (χ0v) is 14.6. The molecule has 0 spiro atoms. The van der Waals surface area contributed by atoms with Crippen molar-refractivity contribution in [2.24, 2.45) is 0 Å². The Balaban J connectivity index is 1.93. The Morgan fingerprint density at radius 3 is 2.43 bits per heavy atom. The largest absolute Gasteiger partial charge is 0.325 e. The summed E-state index contributed by atoms with van der Waals surface area (Å²) in [7, 11) is 0. The third kappa shape index (κ3) is 3.18. The molecule has 1 fully saturated rings. The third-order valence-corrected chi connectivity index (χ3v) is 5.27. The van der Waals surface area contributed by atoms with Crippen LogP contribution in [-0.2, 0) is 10.2 Å². The predicted octanol–water partition coefficient (Wildman–Crippen LogP) is 5.35. The van der Waals surface area contributed by atoms with Crippen LogP contribution in [0.25, 0.3) is 0 Å². The van der Waals surface area contributed by atoms with Gasteiger partial charge < -0.3 is 5.32 Å². The zero-order chi connectivity index (χ0) is 16.4. The van der Waals surface area contributed by atoms with Crippen LogP contribution in [0.2, 0.25) is 0 Å². The highest BCUT2D eigenvalue weighted by molar-refractivity contribution is 9.10. The lowest BCUT2D eigenvalue weighted by molar-refractivity contribution is -0.121. The first kappa shape index (κ1) is 16.2. The van der Waals surface area contributed by atoms with Gasteiger partial charge in [-0.15, -0.1) is 0 Å². The van der Waals surface area contributed by atoms with Gasteiger partial charge in [0.1, 0.15) is 5.82 Å². The third-order valence-electron chi connectivity index (χ3n) is 4.74. The number of rotatable bonds is 3. The molecule has 23 heavy (non-hydrogen) atoms. The molecule has 120 valence electrons. The Hall–Kier alpha value is -1.68. The fraction of sp³-hybridized carbons (Fsp3) is 0.316. The van der Waals surface area contributed by atoms with E-state index >= 15 is 0 Å². The molecular weight excluding hydrogens is 357 g/mol. The van der Waals surface area contributed by atoms with E-state index in [1.54, 1.807) is 6.07 Å². The molecule has 0 heterocycles. The molecule has 3 rings (SSSR count). The van der Waals surface area contributed by atoms with Crippen LogP contribution in [0.4, 0.5) is 10.1 Å². The van der Waals surface area contributed by atoms with Gasteiger partial charge in [0.15, 0.2) is 0 Å². The molecule has 1 aliphatic carbocycles. The van der Waals surface area contributed by atoms with Gasteiger partial charge in [0.2, 0.25) is 5.91 Å². The van der Waals surface area contributed by atoms with Gasteiger partial charge in [-0.2, -0.15) is 0 Å². The van der Waals surface area contributed by atoms with Crippen LogP contribution in [0.5, 0.6) is 0 Å². The minimum Gasteiger partial charge on any atom is -0.325 e. The van der Waals surface area contributed by atoms with E-state index in [0.717, 1.165) is 41.3 Å². The number of carbonyl (C=O) groups is 1. The van der Waals surface area contributed by atoms with Crippen LogP contribution in [-0.4, -0.2) is 5.91 Å². The van der Waals surface area contributed by atoms with E-state index in [-0.39, 0.29) is 11.7 Å². The molecule has 1 amide bonds. The van der Waals surface area contributed by atoms with Crippen LogP contribution in [0.15, 0.2) is 46.9 Å². The molecule has 0 aliphatic heterocycles. The van der Waals surface area contributed by atoms with Gasteiger partial charge in [-0.05, 0) is 55.2 Å². The normalized spacial score (nSPS) is 16.3. The van der Waals surface area contributed by atoms with Crippen molar-refractivity contribution in [1.29, 1.82) is 0 Å². The fourth-order valence-corrected chi connectivity index (χ4v) is 3.63. The smallest absolute Gasteiger partial charge is 0.235 e. The SMILES string of the molecule is Cc1ccc(F)cc1NC(=O)C1(c2ccc(Br)cc2)CCCC1. The fourth-order valence-electron chi connectivity index (χ4n) is 3.37. The number of benzene rings is 2. The van der Waals surface area contributed by atoms with Crippen molar-refractivity contribution in [3.8, 4) is 0 Å². The molecule has 2 nitrogen and oxygen atoms in total. The van der Waals surface area contributed by atoms with Crippen LogP contribution in [0, 0.1) is 12.7 Å². The molecule has 1 aliphatic rings. The Kier molecular flexibility index (Phi) is 4.53. The van der Waals surface area contributed by atoms with Crippen molar-refractivity contribution < 1.29 is 9.18 Å². The molecule has 0 radical (unpaired) electrons. The van der Waals surface area contributed by atoms with Crippen molar-refractivity contribution in [2.45, 2.75) is 38.0 Å². The van der Waals surface area contributed by atoms with Crippen molar-refractivity contribution in [2.75, 3.05) is 5.32 Å². The summed E-state index contributed by atoms with van der Waals surface area (Å²) in [6.07, 6.45) is 3.72. The average Bonchev–Trinajstić information content (AvgIpc) is 3.02. The summed E-state index contributed by atoms with van der Waals surface area (Å²) < 4.78 is 14.5. The summed E-state index contributed by atoms with van der Waals surface area (Å²) in [5, 5.41) is 2.96. The number of hydrogen-bond donors (Lipinski definition) is 1. The highest BCUT2D eigenvalue weighted by Gasteiger charge is 2.42. The number of amides is 1. The number of anilines is 1. The summed E-state index contributed by atoms with van der Waals surface area (Å²) in [6, 6.07) is 12.4. The molecule has 0 unspecified atom stereocenters. The molecule has 0 atom stereocenters. The first-order valence-corrected chi connectivity index (χ1v) is 8.64. The van der Waals surface area contributed by atoms with Crippen LogP contribution >= 0.6 is 15.9 Å². The van der Waals surface area contributed by atoms with E-state index in [9.17, 15) is 9.18 Å². The van der Waals surface area contributed by atoms with Crippen LogP contribution in [0.1, 0.15) is 36.8 Å². The Labute approximate surface area is 144 Å². The number of nitrogens with one attached hydrogen (secondary N) is 1. The second-order valence-electron chi connectivity index (χ2n) is 6.21. The van der Waals surface area contributed by atoms with Crippen molar-refractivity contribution in [1.82, 2.24) is 0 Å². The van der Waals surface area contributed by atoms with Gasteiger partial charge in [-0.1, -0.05) is 47.0 Å². The lowest BCUT2D eigenvalue weighted by Crippen LogP contribution is -2.38. The standard InChI is InChI=1S/C19H19BrFNO/c1-13-4-9-16(21)12-17(13)22-18(23)19(10-2-3-11-19)14-5-7-15(20)8-6-14/h4-9,12H,2-3,10-11H2,1H3,(H,22,23). The number of halogens is 2. The highest BCUT2D eigenvalue weighted by atomic mass is 79.9. The van der Waals surface area contributed by atoms with E-state index in [1.807, 2.05) is 31.2 Å². The van der Waals surface area contributed by atoms with Gasteiger partial charge in [0.05, 0.1) is 5.41 Å². The molecular formula is C19H19BrFNO. The van der Waals surface area contributed by atoms with Crippen molar-refractivity contribution >= 4 is 27.5 Å². The maximum Gasteiger partial charge on any atom is 0.235 e. The molecule has 1 N–H and O–H groups in total. The maximum atomic E-state index is 13.5. The van der Waals surface area contributed by atoms with Crippen LogP contribution < -0.4 is 5.32 Å². The summed E-state index contributed by atoms with van der Waals surface area (Å²) in [5.74, 6) is -0.374. The summed E-state index contributed by atoms with van der Waals surface area (Å²) >= 11 is 3.44. The van der Waals surface area contributed by atoms with Crippen molar-refractivity contribution in [3.63, 3.8) is 0 Å². The van der Waals surface area contributed by atoms with Gasteiger partial charge in [-0.3, -0.25) is 4.79 Å². The summed E-state index contributed by atoms with van der Waals surface area (Å²) in [5.41, 5.74) is 1.94. The molecule has 1 saturated carbocycles. The number of aryl methyl sites for hydroxylation is 1. The van der Waals surface area contributed by atoms with E-state index in [1.165, 1.54) is 12.1 Å². The first-order valence-electron chi connectivity index (χ1n) is 7.85. The topological polar surface area (TPSA) is 29.1 Å². The van der Waals surface area contributed by atoms with Gasteiger partial charge in [0, 0.05) is 10.2 Å². The first-order chi connectivity index (χ1) is 11.0.